The first kappa shape index (κ1) is 12.4. The van der Waals surface area contributed by atoms with Crippen molar-refractivity contribution in [2.45, 2.75) is 0 Å². The summed E-state index contributed by atoms with van der Waals surface area (Å²) < 4.78 is 1.77. The van der Waals surface area contributed by atoms with E-state index < -0.39 is 0 Å². The van der Waals surface area contributed by atoms with Crippen LogP contribution in [0, 0.1) is 0 Å². The quantitative estimate of drug-likeness (QED) is 0.604. The Morgan fingerprint density at radius 1 is 1.14 bits per heavy atom. The Kier molecular flexibility index (Phi) is 4.62. The van der Waals surface area contributed by atoms with Gasteiger partial charge >= 0.3 is 71.5 Å². The van der Waals surface area contributed by atoms with Gasteiger partial charge in [0.15, 0.2) is 0 Å². The maximum absolute atomic E-state index is 5.62. The van der Waals surface area contributed by atoms with Crippen molar-refractivity contribution in [1.29, 1.82) is 0 Å². The molecule has 2 N–H and O–H groups in total. The van der Waals surface area contributed by atoms with Crippen LogP contribution in [0.5, 0.6) is 0 Å². The Morgan fingerprint density at radius 2 is 1.93 bits per heavy atom. The van der Waals surface area contributed by atoms with Crippen LogP contribution in [0.2, 0.25) is 0 Å². The first-order chi connectivity index (χ1) is 5.86. The van der Waals surface area contributed by atoms with Gasteiger partial charge in [-0.25, -0.2) is 0 Å². The number of hydrogen-bond acceptors (Lipinski definition) is 3. The predicted molar refractivity (Wildman–Crippen MR) is 52.8 cm³/mol. The summed E-state index contributed by atoms with van der Waals surface area (Å²) in [6, 6.07) is 9.49. The molecule has 0 spiro atoms. The van der Waals surface area contributed by atoms with Gasteiger partial charge in [-0.2, -0.15) is 0 Å². The first-order valence-corrected chi connectivity index (χ1v) is 3.72. The number of aromatic nitrogens is 2. The van der Waals surface area contributed by atoms with Crippen molar-refractivity contribution in [3.63, 3.8) is 0 Å². The molecule has 0 amide bonds. The predicted octanol–water partition coefficient (Wildman–Crippen LogP) is 0.312. The minimum Gasteiger partial charge on any atom is -0.870 e. The summed E-state index contributed by atoms with van der Waals surface area (Å²) in [6.07, 6.45) is 3.62. The molecule has 2 rings (SSSR count). The molecule has 14 heavy (non-hydrogen) atoms. The molecule has 4 nitrogen and oxygen atoms in total. The van der Waals surface area contributed by atoms with Gasteiger partial charge in [-0.3, -0.25) is 0 Å². The van der Waals surface area contributed by atoms with Crippen molar-refractivity contribution < 1.29 is 11.0 Å². The topological polar surface area (TPSA) is 77.8 Å². The van der Waals surface area contributed by atoms with Crippen LogP contribution in [0.3, 0.4) is 0 Å². The molecule has 0 atom stereocenters. The molecule has 0 unspecified atom stereocenters. The van der Waals surface area contributed by atoms with E-state index in [9.17, 15) is 0 Å². The smallest absolute Gasteiger partial charge is 0.870 e. The van der Waals surface area contributed by atoms with Crippen molar-refractivity contribution in [1.82, 2.24) is 9.78 Å². The van der Waals surface area contributed by atoms with Crippen LogP contribution >= 0.6 is 0 Å². The van der Waals surface area contributed by atoms with Gasteiger partial charge in [-0.1, -0.05) is 0 Å². The molecule has 70 valence electrons. The standard InChI is InChI=1S/C9H7BN2.2H2O/c10-8-3-1-4-9(7-8)12-6-2-5-11-12;;/h1-7H;2*1H2/q+2;;/p-2. The van der Waals surface area contributed by atoms with Gasteiger partial charge in [-0.15, -0.1) is 0 Å². The molecule has 1 aromatic carbocycles. The maximum Gasteiger partial charge on any atom is -0.870 e. The Labute approximate surface area is 83.2 Å². The Balaban J connectivity index is 0.000000845. The molecule has 0 saturated heterocycles. The van der Waals surface area contributed by atoms with Crippen LogP contribution in [0.4, 0.5) is 0 Å². The van der Waals surface area contributed by atoms with Gasteiger partial charge in [0.25, 0.3) is 0 Å². The van der Waals surface area contributed by atoms with E-state index in [1.165, 1.54) is 0 Å². The number of hydrogen-bond donors (Lipinski definition) is 0. The summed E-state index contributed by atoms with van der Waals surface area (Å²) in [4.78, 5) is 0. The largest absolute Gasteiger partial charge is 0.870 e. The molecule has 1 aromatic heterocycles. The molecule has 0 bridgehead atoms. The molecular weight excluding hydrogens is 179 g/mol. The van der Waals surface area contributed by atoms with Crippen molar-refractivity contribution in [3.05, 3.63) is 42.7 Å². The van der Waals surface area contributed by atoms with Gasteiger partial charge < -0.3 is 11.0 Å². The summed E-state index contributed by atoms with van der Waals surface area (Å²) in [5.41, 5.74) is 1.74. The fourth-order valence-corrected chi connectivity index (χ4v) is 1.09. The SMILES string of the molecule is [B+2]c1cccc(-n2cccn2)c1.[OH-].[OH-]. The molecule has 0 aliphatic rings. The van der Waals surface area contributed by atoms with Gasteiger partial charge in [0.05, 0.1) is 0 Å². The van der Waals surface area contributed by atoms with Crippen LogP contribution in [0.15, 0.2) is 42.7 Å². The van der Waals surface area contributed by atoms with E-state index in [1.807, 2.05) is 36.5 Å². The van der Waals surface area contributed by atoms with Gasteiger partial charge in [0.1, 0.15) is 0 Å². The van der Waals surface area contributed by atoms with E-state index in [1.54, 1.807) is 10.9 Å². The zero-order chi connectivity index (χ0) is 8.39. The fourth-order valence-electron chi connectivity index (χ4n) is 1.09. The second kappa shape index (κ2) is 5.21. The maximum atomic E-state index is 5.62. The fraction of sp³-hybridized carbons (Fsp3) is 0. The average Bonchev–Trinajstić information content (AvgIpc) is 2.56. The summed E-state index contributed by atoms with van der Waals surface area (Å²) in [6.45, 7) is 0. The van der Waals surface area contributed by atoms with Crippen molar-refractivity contribution in [3.8, 4) is 5.69 Å². The summed E-state index contributed by atoms with van der Waals surface area (Å²) >= 11 is 0. The monoisotopic (exact) mass is 188 g/mol. The molecule has 0 fully saturated rings. The van der Waals surface area contributed by atoms with Crippen molar-refractivity contribution >= 4 is 13.3 Å². The van der Waals surface area contributed by atoms with E-state index in [-0.39, 0.29) is 11.0 Å². The zero-order valence-corrected chi connectivity index (χ0v) is 7.41. The van der Waals surface area contributed by atoms with E-state index in [4.69, 9.17) is 7.85 Å². The Bertz CT molecular complexity index is 376. The Hall–Kier alpha value is -1.59. The molecule has 0 aliphatic carbocycles. The van der Waals surface area contributed by atoms with Crippen LogP contribution in [0.25, 0.3) is 5.69 Å². The summed E-state index contributed by atoms with van der Waals surface area (Å²) in [5, 5.41) is 4.09. The zero-order valence-electron chi connectivity index (χ0n) is 7.41. The molecule has 0 aliphatic heterocycles. The minimum absolute atomic E-state index is 0. The van der Waals surface area contributed by atoms with Gasteiger partial charge in [0, 0.05) is 0 Å². The second-order valence-electron chi connectivity index (χ2n) is 2.55. The molecule has 0 saturated carbocycles. The van der Waals surface area contributed by atoms with E-state index in [2.05, 4.69) is 5.10 Å². The molecule has 2 aromatic rings. The van der Waals surface area contributed by atoms with Crippen LogP contribution < -0.4 is 5.46 Å². The summed E-state index contributed by atoms with van der Waals surface area (Å²) in [7, 11) is 5.62. The number of rotatable bonds is 1. The third-order valence-corrected chi connectivity index (χ3v) is 1.64. The van der Waals surface area contributed by atoms with Crippen LogP contribution in [-0.2, 0) is 0 Å². The summed E-state index contributed by atoms with van der Waals surface area (Å²) in [5.74, 6) is 0. The first-order valence-electron chi connectivity index (χ1n) is 3.72. The van der Waals surface area contributed by atoms with E-state index in [0.29, 0.717) is 0 Å². The average molecular weight is 188 g/mol. The molecule has 5 heteroatoms. The van der Waals surface area contributed by atoms with Crippen LogP contribution in [-0.4, -0.2) is 28.6 Å². The van der Waals surface area contributed by atoms with E-state index >= 15 is 0 Å². The van der Waals surface area contributed by atoms with Crippen molar-refractivity contribution in [2.24, 2.45) is 0 Å². The van der Waals surface area contributed by atoms with Crippen LogP contribution in [0.1, 0.15) is 0 Å². The molecule has 1 heterocycles. The molecular formula is C9H9BN2O2. The second-order valence-corrected chi connectivity index (χ2v) is 2.55. The Morgan fingerprint density at radius 3 is 2.50 bits per heavy atom. The van der Waals surface area contributed by atoms with Gasteiger partial charge in [0.2, 0.25) is 0 Å². The minimum atomic E-state index is 0. The number of nitrogens with zero attached hydrogens (tertiary/aromatic N) is 2. The third kappa shape index (κ3) is 2.45. The number of benzene rings is 1. The molecule has 0 radical (unpaired) electrons. The third-order valence-electron chi connectivity index (χ3n) is 1.64. The van der Waals surface area contributed by atoms with Crippen molar-refractivity contribution in [2.75, 3.05) is 0 Å². The van der Waals surface area contributed by atoms with E-state index in [0.717, 1.165) is 11.2 Å². The van der Waals surface area contributed by atoms with Gasteiger partial charge in [-0.05, 0) is 0 Å². The normalized spacial score (nSPS) is 8.71.